The van der Waals surface area contributed by atoms with Crippen LogP contribution in [0.4, 0.5) is 5.69 Å². The quantitative estimate of drug-likeness (QED) is 0.728. The summed E-state index contributed by atoms with van der Waals surface area (Å²) in [4.78, 5) is 2.50. The molecule has 3 nitrogen and oxygen atoms in total. The van der Waals surface area contributed by atoms with Gasteiger partial charge in [-0.05, 0) is 81.9 Å². The number of benzene rings is 1. The normalized spacial score (nSPS) is 18.8. The predicted molar refractivity (Wildman–Crippen MR) is 95.1 cm³/mol. The van der Waals surface area contributed by atoms with Gasteiger partial charge in [0.2, 0.25) is 0 Å². The second-order valence-corrected chi connectivity index (χ2v) is 7.43. The topological polar surface area (TPSA) is 50.8 Å². The van der Waals surface area contributed by atoms with Crippen LogP contribution in [0.3, 0.4) is 0 Å². The third kappa shape index (κ3) is 3.10. The maximum absolute atomic E-state index is 9.00. The van der Waals surface area contributed by atoms with Crippen molar-refractivity contribution >= 4 is 11.8 Å². The fourth-order valence-corrected chi connectivity index (χ4v) is 3.99. The van der Waals surface area contributed by atoms with Crippen molar-refractivity contribution in [3.63, 3.8) is 0 Å². The average molecular weight is 307 g/mol. The SMILES string of the molecule is Cc1cc2c(cc1C=C(C#N)C#N)C(C)CC(C)(C)N2C(C)C. The van der Waals surface area contributed by atoms with Gasteiger partial charge in [0.25, 0.3) is 0 Å². The minimum Gasteiger partial charge on any atom is -0.364 e. The molecular weight excluding hydrogens is 282 g/mol. The monoisotopic (exact) mass is 307 g/mol. The highest BCUT2D eigenvalue weighted by Gasteiger charge is 2.37. The maximum atomic E-state index is 9.00. The highest BCUT2D eigenvalue weighted by Crippen LogP contribution is 2.45. The third-order valence-electron chi connectivity index (χ3n) is 4.72. The molecule has 3 heteroatoms. The fraction of sp³-hybridized carbons (Fsp3) is 0.500. The van der Waals surface area contributed by atoms with E-state index in [0.29, 0.717) is 12.0 Å². The van der Waals surface area contributed by atoms with E-state index >= 15 is 0 Å². The summed E-state index contributed by atoms with van der Waals surface area (Å²) >= 11 is 0. The van der Waals surface area contributed by atoms with E-state index in [2.05, 4.69) is 51.7 Å². The molecule has 0 fully saturated rings. The zero-order valence-electron chi connectivity index (χ0n) is 14.9. The van der Waals surface area contributed by atoms with E-state index in [9.17, 15) is 0 Å². The van der Waals surface area contributed by atoms with Gasteiger partial charge in [0.05, 0.1) is 0 Å². The number of nitriles is 2. The van der Waals surface area contributed by atoms with Crippen molar-refractivity contribution in [3.8, 4) is 12.1 Å². The maximum Gasteiger partial charge on any atom is 0.130 e. The summed E-state index contributed by atoms with van der Waals surface area (Å²) in [7, 11) is 0. The van der Waals surface area contributed by atoms with Gasteiger partial charge < -0.3 is 4.90 Å². The van der Waals surface area contributed by atoms with Gasteiger partial charge in [0.1, 0.15) is 17.7 Å². The van der Waals surface area contributed by atoms with Crippen LogP contribution in [-0.4, -0.2) is 11.6 Å². The summed E-state index contributed by atoms with van der Waals surface area (Å²) in [6, 6.07) is 8.69. The largest absolute Gasteiger partial charge is 0.364 e. The Morgan fingerprint density at radius 2 is 1.91 bits per heavy atom. The van der Waals surface area contributed by atoms with Gasteiger partial charge in [-0.3, -0.25) is 0 Å². The summed E-state index contributed by atoms with van der Waals surface area (Å²) in [6.07, 6.45) is 2.79. The number of allylic oxidation sites excluding steroid dienone is 1. The molecule has 0 bridgehead atoms. The van der Waals surface area contributed by atoms with Gasteiger partial charge in [-0.2, -0.15) is 10.5 Å². The summed E-state index contributed by atoms with van der Waals surface area (Å²) in [6.45, 7) is 13.4. The highest BCUT2D eigenvalue weighted by molar-refractivity contribution is 5.71. The smallest absolute Gasteiger partial charge is 0.130 e. The zero-order valence-corrected chi connectivity index (χ0v) is 14.9. The molecule has 0 N–H and O–H groups in total. The van der Waals surface area contributed by atoms with Gasteiger partial charge in [-0.15, -0.1) is 0 Å². The van der Waals surface area contributed by atoms with Crippen LogP contribution in [-0.2, 0) is 0 Å². The summed E-state index contributed by atoms with van der Waals surface area (Å²) < 4.78 is 0. The Hall–Kier alpha value is -2.26. The lowest BCUT2D eigenvalue weighted by atomic mass is 9.78. The molecule has 1 aromatic rings. The van der Waals surface area contributed by atoms with Crippen molar-refractivity contribution in [3.05, 3.63) is 34.4 Å². The lowest BCUT2D eigenvalue weighted by Gasteiger charge is -2.50. The summed E-state index contributed by atoms with van der Waals surface area (Å²) in [5.41, 5.74) is 4.94. The number of aryl methyl sites for hydroxylation is 1. The van der Waals surface area contributed by atoms with Crippen LogP contribution in [0.25, 0.3) is 6.08 Å². The van der Waals surface area contributed by atoms with Crippen molar-refractivity contribution in [2.45, 2.75) is 65.5 Å². The Labute approximate surface area is 139 Å². The highest BCUT2D eigenvalue weighted by atomic mass is 15.2. The van der Waals surface area contributed by atoms with E-state index in [1.54, 1.807) is 6.08 Å². The van der Waals surface area contributed by atoms with Gasteiger partial charge in [-0.25, -0.2) is 0 Å². The van der Waals surface area contributed by atoms with Crippen LogP contribution in [0.15, 0.2) is 17.7 Å². The number of hydrogen-bond donors (Lipinski definition) is 0. The molecular formula is C20H25N3. The van der Waals surface area contributed by atoms with Crippen molar-refractivity contribution in [1.29, 1.82) is 10.5 Å². The fourth-order valence-electron chi connectivity index (χ4n) is 3.99. The molecule has 120 valence electrons. The van der Waals surface area contributed by atoms with Crippen LogP contribution in [0.1, 0.15) is 63.6 Å². The standard InChI is InChI=1S/C20H25N3/c1-13(2)23-19-7-14(3)17(8-16(11-21)12-22)9-18(19)15(4)10-20(23,5)6/h7-9,13,15H,10H2,1-6H3. The second-order valence-electron chi connectivity index (χ2n) is 7.43. The Morgan fingerprint density at radius 3 is 2.43 bits per heavy atom. The van der Waals surface area contributed by atoms with Gasteiger partial charge in [0, 0.05) is 17.3 Å². The molecule has 23 heavy (non-hydrogen) atoms. The van der Waals surface area contributed by atoms with E-state index in [0.717, 1.165) is 17.5 Å². The van der Waals surface area contributed by atoms with Gasteiger partial charge >= 0.3 is 0 Å². The molecule has 2 rings (SSSR count). The first kappa shape index (κ1) is 17.1. The first-order valence-corrected chi connectivity index (χ1v) is 8.17. The first-order chi connectivity index (χ1) is 10.7. The van der Waals surface area contributed by atoms with E-state index in [1.807, 2.05) is 19.1 Å². The van der Waals surface area contributed by atoms with Gasteiger partial charge in [0.15, 0.2) is 0 Å². The second kappa shape index (κ2) is 6.09. The van der Waals surface area contributed by atoms with E-state index in [-0.39, 0.29) is 11.1 Å². The number of nitrogens with zero attached hydrogens (tertiary/aromatic N) is 3. The van der Waals surface area contributed by atoms with Crippen LogP contribution in [0.5, 0.6) is 0 Å². The molecule has 0 amide bonds. The molecule has 1 aliphatic heterocycles. The lowest BCUT2D eigenvalue weighted by Crippen LogP contribution is -2.51. The number of fused-ring (bicyclic) bond motifs is 1. The summed E-state index contributed by atoms with van der Waals surface area (Å²) in [5, 5.41) is 18.0. The number of hydrogen-bond acceptors (Lipinski definition) is 3. The molecule has 1 unspecified atom stereocenters. The molecule has 0 radical (unpaired) electrons. The lowest BCUT2D eigenvalue weighted by molar-refractivity contribution is 0.356. The minimum absolute atomic E-state index is 0.120. The van der Waals surface area contributed by atoms with Crippen molar-refractivity contribution in [2.75, 3.05) is 4.90 Å². The molecule has 0 saturated heterocycles. The Kier molecular flexibility index (Phi) is 4.53. The van der Waals surface area contributed by atoms with Crippen molar-refractivity contribution in [2.24, 2.45) is 0 Å². The zero-order chi connectivity index (χ0) is 17.4. The Balaban J connectivity index is 2.65. The molecule has 1 heterocycles. The van der Waals surface area contributed by atoms with Crippen LogP contribution in [0, 0.1) is 29.6 Å². The molecule has 0 aromatic heterocycles. The van der Waals surface area contributed by atoms with Crippen molar-refractivity contribution in [1.82, 2.24) is 0 Å². The molecule has 0 spiro atoms. The van der Waals surface area contributed by atoms with E-state index in [1.165, 1.54) is 11.3 Å². The molecule has 0 saturated carbocycles. The van der Waals surface area contributed by atoms with Crippen LogP contribution in [0.2, 0.25) is 0 Å². The Bertz CT molecular complexity index is 710. The van der Waals surface area contributed by atoms with E-state index in [4.69, 9.17) is 10.5 Å². The number of rotatable bonds is 2. The minimum atomic E-state index is 0.120. The third-order valence-corrected chi connectivity index (χ3v) is 4.72. The predicted octanol–water partition coefficient (Wildman–Crippen LogP) is 4.93. The first-order valence-electron chi connectivity index (χ1n) is 8.17. The van der Waals surface area contributed by atoms with Crippen LogP contribution >= 0.6 is 0 Å². The Morgan fingerprint density at radius 1 is 1.30 bits per heavy atom. The molecule has 0 aliphatic carbocycles. The molecule has 1 atom stereocenters. The van der Waals surface area contributed by atoms with E-state index < -0.39 is 0 Å². The van der Waals surface area contributed by atoms with Crippen LogP contribution < -0.4 is 4.90 Å². The summed E-state index contributed by atoms with van der Waals surface area (Å²) in [5.74, 6) is 0.454. The van der Waals surface area contributed by atoms with Crippen molar-refractivity contribution < 1.29 is 0 Å². The molecule has 1 aromatic carbocycles. The van der Waals surface area contributed by atoms with Gasteiger partial charge in [-0.1, -0.05) is 6.92 Å². The number of anilines is 1. The molecule has 1 aliphatic rings. The average Bonchev–Trinajstić information content (AvgIpc) is 2.44.